The van der Waals surface area contributed by atoms with Gasteiger partial charge in [0.15, 0.2) is 17.3 Å². The van der Waals surface area contributed by atoms with E-state index in [0.29, 0.717) is 23.1 Å². The highest BCUT2D eigenvalue weighted by atomic mass is 16.7. The van der Waals surface area contributed by atoms with Crippen LogP contribution in [0.5, 0.6) is 17.2 Å². The van der Waals surface area contributed by atoms with E-state index < -0.39 is 0 Å². The number of aromatic nitrogens is 2. The predicted octanol–water partition coefficient (Wildman–Crippen LogP) is 4.15. The Morgan fingerprint density at radius 1 is 1.15 bits per heavy atom. The number of hydrogen-bond acceptors (Lipinski definition) is 6. The fraction of sp³-hybridized carbons (Fsp3) is 0.320. The van der Waals surface area contributed by atoms with Crippen molar-refractivity contribution in [3.05, 3.63) is 59.8 Å². The quantitative estimate of drug-likeness (QED) is 0.636. The highest BCUT2D eigenvalue weighted by Gasteiger charge is 2.48. The van der Waals surface area contributed by atoms with Gasteiger partial charge in [-0.2, -0.15) is 5.10 Å². The maximum Gasteiger partial charge on any atom is 0.328 e. The van der Waals surface area contributed by atoms with Crippen molar-refractivity contribution in [1.29, 1.82) is 0 Å². The number of amides is 2. The van der Waals surface area contributed by atoms with Crippen molar-refractivity contribution in [2.24, 2.45) is 4.99 Å². The first-order valence-electron chi connectivity index (χ1n) is 11.2. The van der Waals surface area contributed by atoms with Crippen molar-refractivity contribution in [2.45, 2.75) is 38.3 Å². The SMILES string of the molecule is COc1cc([C@H]2c3cnn(C(C)(C)C)c3N=C3NC(=O)N(c4ccccc4)[C@H]32)cc2c1OCO2. The molecular weight excluding hydrogens is 434 g/mol. The Hall–Kier alpha value is -4.01. The number of methoxy groups -OCH3 is 1. The summed E-state index contributed by atoms with van der Waals surface area (Å²) in [5.74, 6) is 2.85. The van der Waals surface area contributed by atoms with Gasteiger partial charge in [-0.3, -0.25) is 10.2 Å². The molecule has 1 fully saturated rings. The number of rotatable bonds is 3. The zero-order valence-electron chi connectivity index (χ0n) is 19.4. The summed E-state index contributed by atoms with van der Waals surface area (Å²) in [4.78, 5) is 19.9. The van der Waals surface area contributed by atoms with Gasteiger partial charge in [-0.25, -0.2) is 14.5 Å². The van der Waals surface area contributed by atoms with Gasteiger partial charge in [0, 0.05) is 17.2 Å². The highest BCUT2D eigenvalue weighted by Crippen LogP contribution is 2.49. The summed E-state index contributed by atoms with van der Waals surface area (Å²) in [5.41, 5.74) is 2.36. The standard InChI is InChI=1S/C25H25N5O4/c1-25(2,3)30-23-16(12-26-30)19(14-10-17(32-4)21-18(11-14)33-13-34-21)20-22(27-23)28-24(31)29(20)15-8-6-5-7-9-15/h5-12,19-20H,13H2,1-4H3,(H,27,28,31)/t19-,20-/m0/s1. The van der Waals surface area contributed by atoms with E-state index in [4.69, 9.17) is 24.3 Å². The number of carbonyl (C=O) groups is 1. The minimum absolute atomic E-state index is 0.138. The van der Waals surface area contributed by atoms with Crippen LogP contribution in [0.4, 0.5) is 16.3 Å². The zero-order valence-corrected chi connectivity index (χ0v) is 19.4. The molecule has 1 saturated heterocycles. The third-order valence-corrected chi connectivity index (χ3v) is 6.37. The Morgan fingerprint density at radius 3 is 2.68 bits per heavy atom. The topological polar surface area (TPSA) is 90.2 Å². The Balaban J connectivity index is 1.59. The van der Waals surface area contributed by atoms with Crippen LogP contribution in [0, 0.1) is 0 Å². The van der Waals surface area contributed by atoms with Crippen LogP contribution in [0.1, 0.15) is 37.8 Å². The Kier molecular flexibility index (Phi) is 4.39. The summed E-state index contributed by atoms with van der Waals surface area (Å²) in [6.07, 6.45) is 1.86. The van der Waals surface area contributed by atoms with Crippen LogP contribution in [0.15, 0.2) is 53.7 Å². The van der Waals surface area contributed by atoms with Gasteiger partial charge in [0.2, 0.25) is 12.5 Å². The molecule has 3 aromatic rings. The second-order valence-corrected chi connectivity index (χ2v) is 9.52. The first-order valence-corrected chi connectivity index (χ1v) is 11.2. The van der Waals surface area contributed by atoms with Crippen molar-refractivity contribution in [3.63, 3.8) is 0 Å². The van der Waals surface area contributed by atoms with Crippen LogP contribution in [-0.2, 0) is 5.54 Å². The fourth-order valence-electron chi connectivity index (χ4n) is 4.91. The Morgan fingerprint density at radius 2 is 1.94 bits per heavy atom. The third kappa shape index (κ3) is 2.96. The number of nitrogens with zero attached hydrogens (tertiary/aromatic N) is 4. The smallest absolute Gasteiger partial charge is 0.328 e. The van der Waals surface area contributed by atoms with Crippen molar-refractivity contribution in [1.82, 2.24) is 15.1 Å². The molecule has 0 radical (unpaired) electrons. The minimum atomic E-state index is -0.384. The zero-order chi connectivity index (χ0) is 23.6. The van der Waals surface area contributed by atoms with Crippen LogP contribution in [-0.4, -0.2) is 41.6 Å². The molecule has 1 aromatic heterocycles. The molecule has 0 saturated carbocycles. The number of carbonyl (C=O) groups excluding carboxylic acids is 1. The lowest BCUT2D eigenvalue weighted by molar-refractivity contribution is 0.171. The number of amidine groups is 1. The molecule has 0 unspecified atom stereocenters. The van der Waals surface area contributed by atoms with E-state index in [0.717, 1.165) is 22.6 Å². The number of ether oxygens (including phenoxy) is 3. The van der Waals surface area contributed by atoms with Crippen molar-refractivity contribution in [3.8, 4) is 17.2 Å². The van der Waals surface area contributed by atoms with E-state index in [1.807, 2.05) is 53.3 Å². The van der Waals surface area contributed by atoms with Gasteiger partial charge >= 0.3 is 6.03 Å². The van der Waals surface area contributed by atoms with Gasteiger partial charge in [0.1, 0.15) is 11.9 Å². The third-order valence-electron chi connectivity index (χ3n) is 6.37. The molecular formula is C25H25N5O4. The lowest BCUT2D eigenvalue weighted by Gasteiger charge is -2.33. The average Bonchev–Trinajstić information content (AvgIpc) is 3.53. The molecule has 0 bridgehead atoms. The summed E-state index contributed by atoms with van der Waals surface area (Å²) in [6, 6.07) is 12.9. The summed E-state index contributed by atoms with van der Waals surface area (Å²) < 4.78 is 18.9. The number of para-hydroxylation sites is 1. The fourth-order valence-corrected chi connectivity index (χ4v) is 4.91. The Bertz CT molecular complexity index is 1330. The molecule has 4 heterocycles. The first-order chi connectivity index (χ1) is 16.4. The largest absolute Gasteiger partial charge is 0.493 e. The molecule has 174 valence electrons. The van der Waals surface area contributed by atoms with E-state index in [2.05, 4.69) is 26.1 Å². The van der Waals surface area contributed by atoms with Gasteiger partial charge < -0.3 is 14.2 Å². The predicted molar refractivity (Wildman–Crippen MR) is 127 cm³/mol. The maximum absolute atomic E-state index is 13.2. The number of hydrogen-bond donors (Lipinski definition) is 1. The second-order valence-electron chi connectivity index (χ2n) is 9.52. The molecule has 1 N–H and O–H groups in total. The molecule has 2 amide bonds. The number of anilines is 1. The normalized spacial score (nSPS) is 20.5. The van der Waals surface area contributed by atoms with E-state index in [9.17, 15) is 4.79 Å². The molecule has 34 heavy (non-hydrogen) atoms. The molecule has 9 heteroatoms. The number of fused-ring (bicyclic) bond motifs is 3. The van der Waals surface area contributed by atoms with Gasteiger partial charge in [-0.15, -0.1) is 0 Å². The van der Waals surface area contributed by atoms with E-state index in [-0.39, 0.29) is 30.3 Å². The van der Waals surface area contributed by atoms with E-state index in [1.165, 1.54) is 0 Å². The molecule has 3 aliphatic heterocycles. The van der Waals surface area contributed by atoms with Gasteiger partial charge in [-0.05, 0) is 50.6 Å². The molecule has 0 spiro atoms. The van der Waals surface area contributed by atoms with Gasteiger partial charge in [0.25, 0.3) is 0 Å². The Labute approximate surface area is 196 Å². The summed E-state index contributed by atoms with van der Waals surface area (Å²) in [5, 5.41) is 7.70. The number of benzene rings is 2. The summed E-state index contributed by atoms with van der Waals surface area (Å²) in [6.45, 7) is 6.37. The molecule has 2 atom stereocenters. The van der Waals surface area contributed by atoms with Crippen LogP contribution >= 0.6 is 0 Å². The summed E-state index contributed by atoms with van der Waals surface area (Å²) >= 11 is 0. The molecule has 9 nitrogen and oxygen atoms in total. The molecule has 6 rings (SSSR count). The second kappa shape index (κ2) is 7.24. The minimum Gasteiger partial charge on any atom is -0.493 e. The van der Waals surface area contributed by atoms with Crippen LogP contribution in [0.2, 0.25) is 0 Å². The lowest BCUT2D eigenvalue weighted by Crippen LogP contribution is -2.42. The molecule has 3 aliphatic rings. The maximum atomic E-state index is 13.2. The molecule has 2 aromatic carbocycles. The van der Waals surface area contributed by atoms with E-state index in [1.54, 1.807) is 12.0 Å². The van der Waals surface area contributed by atoms with Crippen LogP contribution in [0.3, 0.4) is 0 Å². The van der Waals surface area contributed by atoms with Gasteiger partial charge in [-0.1, -0.05) is 18.2 Å². The number of aliphatic imine (C=N–C) groups is 1. The average molecular weight is 460 g/mol. The van der Waals surface area contributed by atoms with Gasteiger partial charge in [0.05, 0.1) is 18.8 Å². The monoisotopic (exact) mass is 459 g/mol. The highest BCUT2D eigenvalue weighted by molar-refractivity contribution is 6.18. The molecule has 0 aliphatic carbocycles. The van der Waals surface area contributed by atoms with E-state index >= 15 is 0 Å². The first kappa shape index (κ1) is 20.6. The lowest BCUT2D eigenvalue weighted by atomic mass is 9.83. The summed E-state index contributed by atoms with van der Waals surface area (Å²) in [7, 11) is 1.61. The van der Waals surface area contributed by atoms with Crippen molar-refractivity contribution >= 4 is 23.4 Å². The van der Waals surface area contributed by atoms with Crippen LogP contribution < -0.4 is 24.4 Å². The number of nitrogens with one attached hydrogen (secondary N) is 1. The number of urea groups is 1. The van der Waals surface area contributed by atoms with Crippen molar-refractivity contribution < 1.29 is 19.0 Å². The van der Waals surface area contributed by atoms with Crippen molar-refractivity contribution in [2.75, 3.05) is 18.8 Å². The van der Waals surface area contributed by atoms with Crippen LogP contribution in [0.25, 0.3) is 0 Å².